The minimum atomic E-state index is -1.24. The normalized spacial score (nSPS) is 34.6. The van der Waals surface area contributed by atoms with E-state index in [1.165, 1.54) is 0 Å². The lowest BCUT2D eigenvalue weighted by Gasteiger charge is -2.42. The second-order valence-electron chi connectivity index (χ2n) is 4.68. The number of carboxylic acid groups (broad SMARTS) is 2. The summed E-state index contributed by atoms with van der Waals surface area (Å²) in [6.45, 7) is 3.90. The van der Waals surface area contributed by atoms with E-state index in [2.05, 4.69) is 0 Å². The van der Waals surface area contributed by atoms with E-state index in [0.717, 1.165) is 12.8 Å². The molecule has 1 rings (SSSR count). The van der Waals surface area contributed by atoms with Gasteiger partial charge in [0.2, 0.25) is 0 Å². The highest BCUT2D eigenvalue weighted by atomic mass is 16.4. The molecule has 4 unspecified atom stereocenters. The molecule has 4 heteroatoms. The largest absolute Gasteiger partial charge is 0.550 e. The van der Waals surface area contributed by atoms with E-state index < -0.39 is 23.8 Å². The molecular weight excluding hydrogens is 208 g/mol. The molecule has 1 aliphatic rings. The average molecular weight is 226 g/mol. The zero-order valence-corrected chi connectivity index (χ0v) is 9.77. The first kappa shape index (κ1) is 13.0. The highest BCUT2D eigenvalue weighted by Gasteiger charge is 2.37. The van der Waals surface area contributed by atoms with Gasteiger partial charge in [-0.05, 0) is 24.7 Å². The van der Waals surface area contributed by atoms with E-state index in [9.17, 15) is 19.8 Å². The molecule has 0 aromatic heterocycles. The number of hydrogen-bond donors (Lipinski definition) is 0. The Bertz CT molecular complexity index is 274. The zero-order valence-electron chi connectivity index (χ0n) is 9.77. The van der Waals surface area contributed by atoms with E-state index in [4.69, 9.17) is 0 Å². The third kappa shape index (κ3) is 2.54. The molecule has 4 nitrogen and oxygen atoms in total. The van der Waals surface area contributed by atoms with E-state index in [1.807, 2.05) is 13.8 Å². The molecule has 16 heavy (non-hydrogen) atoms. The summed E-state index contributed by atoms with van der Waals surface area (Å²) in [6, 6.07) is 0. The van der Waals surface area contributed by atoms with Crippen molar-refractivity contribution < 1.29 is 19.8 Å². The second kappa shape index (κ2) is 5.32. The molecule has 0 aromatic carbocycles. The molecule has 0 spiro atoms. The number of carbonyl (C=O) groups excluding carboxylic acids is 2. The Balaban J connectivity index is 2.91. The number of carboxylic acids is 2. The topological polar surface area (TPSA) is 80.3 Å². The third-order valence-corrected chi connectivity index (χ3v) is 3.84. The molecule has 0 amide bonds. The van der Waals surface area contributed by atoms with Crippen LogP contribution >= 0.6 is 0 Å². The van der Waals surface area contributed by atoms with Crippen molar-refractivity contribution >= 4 is 11.9 Å². The van der Waals surface area contributed by atoms with Gasteiger partial charge in [0.15, 0.2) is 0 Å². The predicted molar refractivity (Wildman–Crippen MR) is 53.8 cm³/mol. The average Bonchev–Trinajstić information content (AvgIpc) is 2.26. The fourth-order valence-electron chi connectivity index (χ4n) is 2.86. The molecule has 92 valence electrons. The molecule has 0 saturated heterocycles. The van der Waals surface area contributed by atoms with Crippen LogP contribution in [0.3, 0.4) is 0 Å². The third-order valence-electron chi connectivity index (χ3n) is 3.84. The molecule has 0 N–H and O–H groups in total. The minimum absolute atomic E-state index is 0.0911. The lowest BCUT2D eigenvalue weighted by Crippen LogP contribution is -2.50. The van der Waals surface area contributed by atoms with Crippen LogP contribution in [0.4, 0.5) is 0 Å². The van der Waals surface area contributed by atoms with Gasteiger partial charge in [-0.15, -0.1) is 0 Å². The van der Waals surface area contributed by atoms with Gasteiger partial charge in [0.1, 0.15) is 0 Å². The number of hydrogen-bond acceptors (Lipinski definition) is 4. The SMILES string of the molecule is CCC1CC(CC)C(C(=O)[O-])C(C(=O)[O-])C1. The molecule has 0 bridgehead atoms. The summed E-state index contributed by atoms with van der Waals surface area (Å²) in [5.41, 5.74) is 0. The monoisotopic (exact) mass is 226 g/mol. The van der Waals surface area contributed by atoms with E-state index in [0.29, 0.717) is 18.8 Å². The van der Waals surface area contributed by atoms with Gasteiger partial charge in [-0.25, -0.2) is 0 Å². The van der Waals surface area contributed by atoms with Crippen LogP contribution in [0.25, 0.3) is 0 Å². The number of rotatable bonds is 4. The molecule has 4 atom stereocenters. The van der Waals surface area contributed by atoms with Gasteiger partial charge in [-0.1, -0.05) is 26.7 Å². The summed E-state index contributed by atoms with van der Waals surface area (Å²) < 4.78 is 0. The van der Waals surface area contributed by atoms with Gasteiger partial charge in [0, 0.05) is 23.8 Å². The van der Waals surface area contributed by atoms with E-state index >= 15 is 0 Å². The van der Waals surface area contributed by atoms with Gasteiger partial charge >= 0.3 is 0 Å². The van der Waals surface area contributed by atoms with Crippen LogP contribution in [-0.4, -0.2) is 11.9 Å². The van der Waals surface area contributed by atoms with Gasteiger partial charge in [-0.2, -0.15) is 0 Å². The van der Waals surface area contributed by atoms with Crippen molar-refractivity contribution in [2.45, 2.75) is 39.5 Å². The van der Waals surface area contributed by atoms with Crippen LogP contribution in [-0.2, 0) is 9.59 Å². The second-order valence-corrected chi connectivity index (χ2v) is 4.68. The molecular formula is C12H18O4-2. The predicted octanol–water partition coefficient (Wildman–Crippen LogP) is -0.435. The van der Waals surface area contributed by atoms with Crippen LogP contribution in [0.15, 0.2) is 0 Å². The van der Waals surface area contributed by atoms with Crippen molar-refractivity contribution in [3.8, 4) is 0 Å². The van der Waals surface area contributed by atoms with Gasteiger partial charge < -0.3 is 19.8 Å². The molecule has 0 aromatic rings. The Kier molecular flexibility index (Phi) is 4.33. The van der Waals surface area contributed by atoms with Crippen LogP contribution in [0, 0.1) is 23.7 Å². The summed E-state index contributed by atoms with van der Waals surface area (Å²) in [4.78, 5) is 22.0. The number of aliphatic carboxylic acids is 2. The highest BCUT2D eigenvalue weighted by molar-refractivity contribution is 5.78. The summed E-state index contributed by atoms with van der Waals surface area (Å²) >= 11 is 0. The fraction of sp³-hybridized carbons (Fsp3) is 0.833. The first-order chi connectivity index (χ1) is 7.51. The number of carbonyl (C=O) groups is 2. The summed E-state index contributed by atoms with van der Waals surface area (Å²) in [5, 5.41) is 22.0. The van der Waals surface area contributed by atoms with Crippen molar-refractivity contribution in [1.29, 1.82) is 0 Å². The van der Waals surface area contributed by atoms with Crippen LogP contribution in [0.1, 0.15) is 39.5 Å². The Morgan fingerprint density at radius 3 is 2.06 bits per heavy atom. The molecule has 1 fully saturated rings. The van der Waals surface area contributed by atoms with Gasteiger partial charge in [-0.3, -0.25) is 0 Å². The quantitative estimate of drug-likeness (QED) is 0.651. The highest BCUT2D eigenvalue weighted by Crippen LogP contribution is 2.40. The summed E-state index contributed by atoms with van der Waals surface area (Å²) in [7, 11) is 0. The van der Waals surface area contributed by atoms with Crippen LogP contribution in [0.2, 0.25) is 0 Å². The van der Waals surface area contributed by atoms with Crippen molar-refractivity contribution in [1.82, 2.24) is 0 Å². The van der Waals surface area contributed by atoms with Crippen molar-refractivity contribution in [3.63, 3.8) is 0 Å². The maximum atomic E-state index is 11.0. The van der Waals surface area contributed by atoms with Gasteiger partial charge in [0.05, 0.1) is 0 Å². The molecule has 1 saturated carbocycles. The van der Waals surface area contributed by atoms with Gasteiger partial charge in [0.25, 0.3) is 0 Å². The van der Waals surface area contributed by atoms with E-state index in [-0.39, 0.29) is 5.92 Å². The molecule has 0 aliphatic heterocycles. The Morgan fingerprint density at radius 2 is 1.69 bits per heavy atom. The Labute approximate surface area is 95.7 Å². The lowest BCUT2D eigenvalue weighted by molar-refractivity contribution is -0.331. The molecule has 0 radical (unpaired) electrons. The summed E-state index contributed by atoms with van der Waals surface area (Å²) in [5.74, 6) is -4.04. The van der Waals surface area contributed by atoms with Crippen molar-refractivity contribution in [2.24, 2.45) is 23.7 Å². The zero-order chi connectivity index (χ0) is 12.3. The maximum absolute atomic E-state index is 11.0. The Morgan fingerprint density at radius 1 is 1.06 bits per heavy atom. The first-order valence-electron chi connectivity index (χ1n) is 5.92. The van der Waals surface area contributed by atoms with Crippen LogP contribution < -0.4 is 10.2 Å². The molecule has 1 aliphatic carbocycles. The summed E-state index contributed by atoms with van der Waals surface area (Å²) in [6.07, 6.45) is 2.77. The smallest absolute Gasteiger partial charge is 0.0454 e. The standard InChI is InChI=1S/C12H20O4/c1-3-7-5-8(4-2)10(12(15)16)9(6-7)11(13)14/h7-10H,3-6H2,1-2H3,(H,13,14)(H,15,16)/p-2. The molecule has 0 heterocycles. The first-order valence-corrected chi connectivity index (χ1v) is 5.92. The maximum Gasteiger partial charge on any atom is 0.0454 e. The van der Waals surface area contributed by atoms with Crippen LogP contribution in [0.5, 0.6) is 0 Å². The van der Waals surface area contributed by atoms with Crippen molar-refractivity contribution in [3.05, 3.63) is 0 Å². The lowest BCUT2D eigenvalue weighted by atomic mass is 9.66. The van der Waals surface area contributed by atoms with Crippen molar-refractivity contribution in [2.75, 3.05) is 0 Å². The minimum Gasteiger partial charge on any atom is -0.550 e. The van der Waals surface area contributed by atoms with E-state index in [1.54, 1.807) is 0 Å². The Hall–Kier alpha value is -1.06. The fourth-order valence-corrected chi connectivity index (χ4v) is 2.86.